The lowest BCUT2D eigenvalue weighted by atomic mass is 10.1. The quantitative estimate of drug-likeness (QED) is 0.670. The molecule has 2 aromatic rings. The highest BCUT2D eigenvalue weighted by Gasteiger charge is 2.35. The molecule has 0 saturated heterocycles. The van der Waals surface area contributed by atoms with Gasteiger partial charge < -0.3 is 0 Å². The Balaban J connectivity index is 2.37. The predicted octanol–water partition coefficient (Wildman–Crippen LogP) is 2.01. The van der Waals surface area contributed by atoms with Gasteiger partial charge in [-0.25, -0.2) is 10.4 Å². The largest absolute Gasteiger partial charge is 0.443 e. The Bertz CT molecular complexity index is 589. The van der Waals surface area contributed by atoms with Crippen LogP contribution in [0.5, 0.6) is 0 Å². The molecule has 0 aliphatic heterocycles. The van der Waals surface area contributed by atoms with E-state index < -0.39 is 17.2 Å². The number of halogens is 3. The Morgan fingerprint density at radius 3 is 2.65 bits per heavy atom. The molecule has 0 spiro atoms. The van der Waals surface area contributed by atoms with E-state index in [2.05, 4.69) is 15.5 Å². The lowest BCUT2D eigenvalue weighted by Gasteiger charge is -2.13. The first-order valence-corrected chi connectivity index (χ1v) is 6.70. The predicted molar refractivity (Wildman–Crippen MR) is 68.9 cm³/mol. The number of hydrogen-bond acceptors (Lipinski definition) is 5. The van der Waals surface area contributed by atoms with Gasteiger partial charge in [0.25, 0.3) is 0 Å². The van der Waals surface area contributed by atoms with E-state index in [1.807, 2.05) is 13.0 Å². The minimum atomic E-state index is -4.44. The first-order chi connectivity index (χ1) is 9.36. The Morgan fingerprint density at radius 1 is 1.50 bits per heavy atom. The number of nitrogens with one attached hydrogen (secondary N) is 1. The molecule has 9 heteroatoms. The van der Waals surface area contributed by atoms with Crippen LogP contribution in [0.1, 0.15) is 34.2 Å². The summed E-state index contributed by atoms with van der Waals surface area (Å²) in [6.07, 6.45) is -2.51. The van der Waals surface area contributed by atoms with E-state index >= 15 is 0 Å². The van der Waals surface area contributed by atoms with Crippen molar-refractivity contribution in [2.24, 2.45) is 12.9 Å². The summed E-state index contributed by atoms with van der Waals surface area (Å²) in [6.45, 7) is 1.95. The molecule has 5 nitrogen and oxygen atoms in total. The Morgan fingerprint density at radius 2 is 2.20 bits per heavy atom. The van der Waals surface area contributed by atoms with Gasteiger partial charge >= 0.3 is 6.18 Å². The number of nitrogens with zero attached hydrogens (tertiary/aromatic N) is 3. The number of nitrogens with two attached hydrogens (primary N) is 1. The van der Waals surface area contributed by atoms with Crippen LogP contribution < -0.4 is 11.3 Å². The molecule has 0 aromatic carbocycles. The number of aromatic nitrogens is 3. The molecule has 3 N–H and O–H groups in total. The van der Waals surface area contributed by atoms with Crippen molar-refractivity contribution in [3.8, 4) is 0 Å². The third kappa shape index (κ3) is 2.84. The number of alkyl halides is 3. The average Bonchev–Trinajstić information content (AvgIpc) is 2.98. The van der Waals surface area contributed by atoms with Gasteiger partial charge in [0, 0.05) is 18.1 Å². The van der Waals surface area contributed by atoms with Crippen LogP contribution in [-0.4, -0.2) is 14.8 Å². The molecule has 2 heterocycles. The fourth-order valence-electron chi connectivity index (χ4n) is 1.85. The van der Waals surface area contributed by atoms with Gasteiger partial charge in [-0.3, -0.25) is 10.5 Å². The van der Waals surface area contributed by atoms with Crippen molar-refractivity contribution in [2.75, 3.05) is 0 Å². The molecule has 0 aliphatic carbocycles. The highest BCUT2D eigenvalue weighted by atomic mass is 32.1. The summed E-state index contributed by atoms with van der Waals surface area (Å²) in [7, 11) is 1.73. The van der Waals surface area contributed by atoms with Gasteiger partial charge in [-0.15, -0.1) is 11.3 Å². The van der Waals surface area contributed by atoms with Crippen LogP contribution in [0.25, 0.3) is 0 Å². The SMILES string of the molecule is CCc1cc(C(NN)c2cnc(C(F)(F)F)s2)n(C)n1. The smallest absolute Gasteiger partial charge is 0.270 e. The summed E-state index contributed by atoms with van der Waals surface area (Å²) in [5.74, 6) is 5.48. The first-order valence-electron chi connectivity index (χ1n) is 5.88. The van der Waals surface area contributed by atoms with E-state index in [1.54, 1.807) is 11.7 Å². The number of hydrazine groups is 1. The van der Waals surface area contributed by atoms with Crippen LogP contribution in [0.15, 0.2) is 12.3 Å². The monoisotopic (exact) mass is 305 g/mol. The highest BCUT2D eigenvalue weighted by Crippen LogP contribution is 2.35. The topological polar surface area (TPSA) is 68.8 Å². The zero-order valence-electron chi connectivity index (χ0n) is 10.9. The van der Waals surface area contributed by atoms with E-state index in [-0.39, 0.29) is 0 Å². The third-order valence-electron chi connectivity index (χ3n) is 2.84. The van der Waals surface area contributed by atoms with Crippen molar-refractivity contribution >= 4 is 11.3 Å². The van der Waals surface area contributed by atoms with E-state index in [4.69, 9.17) is 5.84 Å². The molecule has 2 rings (SSSR count). The zero-order chi connectivity index (χ0) is 14.9. The van der Waals surface area contributed by atoms with Crippen molar-refractivity contribution in [1.29, 1.82) is 0 Å². The van der Waals surface area contributed by atoms with Gasteiger partial charge in [0.05, 0.1) is 17.4 Å². The molecular weight excluding hydrogens is 291 g/mol. The Hall–Kier alpha value is -1.45. The molecule has 0 amide bonds. The van der Waals surface area contributed by atoms with Crippen molar-refractivity contribution < 1.29 is 13.2 Å². The number of hydrogen-bond donors (Lipinski definition) is 2. The second-order valence-electron chi connectivity index (χ2n) is 4.20. The number of rotatable bonds is 4. The Labute approximate surface area is 117 Å². The minimum Gasteiger partial charge on any atom is -0.270 e. The summed E-state index contributed by atoms with van der Waals surface area (Å²) < 4.78 is 39.4. The Kier molecular flexibility index (Phi) is 4.11. The molecule has 0 aliphatic rings. The molecule has 0 saturated carbocycles. The normalized spacial score (nSPS) is 13.7. The van der Waals surface area contributed by atoms with Gasteiger partial charge in [-0.1, -0.05) is 6.92 Å². The number of thiazole rings is 1. The molecule has 0 bridgehead atoms. The van der Waals surface area contributed by atoms with Gasteiger partial charge in [0.1, 0.15) is 0 Å². The minimum absolute atomic E-state index is 0.394. The van der Waals surface area contributed by atoms with E-state index in [0.717, 1.165) is 12.1 Å². The lowest BCUT2D eigenvalue weighted by Crippen LogP contribution is -2.29. The summed E-state index contributed by atoms with van der Waals surface area (Å²) in [4.78, 5) is 3.80. The summed E-state index contributed by atoms with van der Waals surface area (Å²) in [6, 6.07) is 1.25. The summed E-state index contributed by atoms with van der Waals surface area (Å²) in [5.41, 5.74) is 4.07. The van der Waals surface area contributed by atoms with Crippen LogP contribution in [0, 0.1) is 0 Å². The van der Waals surface area contributed by atoms with Gasteiger partial charge in [0.15, 0.2) is 5.01 Å². The van der Waals surface area contributed by atoms with Crippen LogP contribution in [0.3, 0.4) is 0 Å². The molecule has 1 atom stereocenters. The van der Waals surface area contributed by atoms with Gasteiger partial charge in [-0.2, -0.15) is 18.3 Å². The second kappa shape index (κ2) is 5.51. The van der Waals surface area contributed by atoms with Crippen molar-refractivity contribution in [2.45, 2.75) is 25.6 Å². The average molecular weight is 305 g/mol. The maximum atomic E-state index is 12.6. The summed E-state index contributed by atoms with van der Waals surface area (Å²) in [5, 5.41) is 3.38. The van der Waals surface area contributed by atoms with Crippen molar-refractivity contribution in [3.63, 3.8) is 0 Å². The second-order valence-corrected chi connectivity index (χ2v) is 5.27. The van der Waals surface area contributed by atoms with Crippen LogP contribution in [0.2, 0.25) is 0 Å². The van der Waals surface area contributed by atoms with Crippen LogP contribution >= 0.6 is 11.3 Å². The molecule has 2 aromatic heterocycles. The molecule has 0 fully saturated rings. The summed E-state index contributed by atoms with van der Waals surface area (Å²) >= 11 is 0.573. The van der Waals surface area contributed by atoms with E-state index in [0.29, 0.717) is 21.9 Å². The maximum Gasteiger partial charge on any atom is 0.443 e. The maximum absolute atomic E-state index is 12.6. The van der Waals surface area contributed by atoms with Crippen molar-refractivity contribution in [1.82, 2.24) is 20.2 Å². The molecule has 0 radical (unpaired) electrons. The van der Waals surface area contributed by atoms with Crippen LogP contribution in [0.4, 0.5) is 13.2 Å². The van der Waals surface area contributed by atoms with Gasteiger partial charge in [0.2, 0.25) is 0 Å². The molecular formula is C11H14F3N5S. The molecule has 110 valence electrons. The van der Waals surface area contributed by atoms with E-state index in [9.17, 15) is 13.2 Å². The van der Waals surface area contributed by atoms with Gasteiger partial charge in [-0.05, 0) is 12.5 Å². The molecule has 1 unspecified atom stereocenters. The third-order valence-corrected chi connectivity index (χ3v) is 3.95. The fraction of sp³-hybridized carbons (Fsp3) is 0.455. The fourth-order valence-corrected chi connectivity index (χ4v) is 2.71. The first kappa shape index (κ1) is 14.9. The highest BCUT2D eigenvalue weighted by molar-refractivity contribution is 7.11. The standard InChI is InChI=1S/C11H14F3N5S/c1-3-6-4-7(19(2)18-6)9(17-15)8-5-16-10(20-8)11(12,13)14/h4-5,9,17H,3,15H2,1-2H3. The van der Waals surface area contributed by atoms with Crippen molar-refractivity contribution in [3.05, 3.63) is 33.5 Å². The van der Waals surface area contributed by atoms with Crippen LogP contribution in [-0.2, 0) is 19.6 Å². The lowest BCUT2D eigenvalue weighted by molar-refractivity contribution is -0.137. The number of aryl methyl sites for hydroxylation is 2. The zero-order valence-corrected chi connectivity index (χ0v) is 11.7. The van der Waals surface area contributed by atoms with E-state index in [1.165, 1.54) is 6.20 Å². The molecule has 20 heavy (non-hydrogen) atoms.